The third kappa shape index (κ3) is 4.28. The van der Waals surface area contributed by atoms with Crippen LogP contribution < -0.4 is 5.32 Å². The van der Waals surface area contributed by atoms with E-state index in [4.69, 9.17) is 4.74 Å². The van der Waals surface area contributed by atoms with E-state index in [1.54, 1.807) is 0 Å². The zero-order chi connectivity index (χ0) is 13.7. The third-order valence-corrected chi connectivity index (χ3v) is 3.83. The summed E-state index contributed by atoms with van der Waals surface area (Å²) in [6.07, 6.45) is 5.08. The minimum Gasteiger partial charge on any atom is -0.376 e. The Balaban J connectivity index is 1.72. The smallest absolute Gasteiger partial charge is 0.251 e. The summed E-state index contributed by atoms with van der Waals surface area (Å²) >= 11 is 3.06. The summed E-state index contributed by atoms with van der Waals surface area (Å²) in [5, 5.41) is 2.76. The number of hydrogen-bond acceptors (Lipinski definition) is 2. The molecule has 1 aliphatic rings. The number of amides is 1. The van der Waals surface area contributed by atoms with Crippen LogP contribution in [0.1, 0.15) is 36.0 Å². The quantitative estimate of drug-likeness (QED) is 0.842. The summed E-state index contributed by atoms with van der Waals surface area (Å²) in [4.78, 5) is 11.8. The minimum atomic E-state index is -0.374. The second-order valence-electron chi connectivity index (χ2n) is 4.66. The highest BCUT2D eigenvalue weighted by Crippen LogP contribution is 2.20. The van der Waals surface area contributed by atoms with Crippen molar-refractivity contribution in [2.45, 2.75) is 31.8 Å². The van der Waals surface area contributed by atoms with Crippen molar-refractivity contribution in [3.8, 4) is 0 Å². The molecule has 0 atom stereocenters. The number of nitrogens with one attached hydrogen (secondary N) is 1. The van der Waals surface area contributed by atoms with Crippen LogP contribution in [0, 0.1) is 5.82 Å². The molecule has 5 heteroatoms. The van der Waals surface area contributed by atoms with Crippen LogP contribution in [-0.4, -0.2) is 25.2 Å². The number of hydrogen-bond donors (Lipinski definition) is 1. The van der Waals surface area contributed by atoms with Gasteiger partial charge in [0.05, 0.1) is 17.2 Å². The van der Waals surface area contributed by atoms with Gasteiger partial charge in [-0.3, -0.25) is 4.79 Å². The van der Waals surface area contributed by atoms with E-state index in [0.29, 0.717) is 29.3 Å². The lowest BCUT2D eigenvalue weighted by Crippen LogP contribution is -2.28. The lowest BCUT2D eigenvalue weighted by molar-refractivity contribution is 0.0582. The second-order valence-corrected chi connectivity index (χ2v) is 5.52. The van der Waals surface area contributed by atoms with Crippen LogP contribution in [0.25, 0.3) is 0 Å². The van der Waals surface area contributed by atoms with Gasteiger partial charge in [0.15, 0.2) is 0 Å². The molecule has 0 spiro atoms. The fraction of sp³-hybridized carbons (Fsp3) is 0.500. The fourth-order valence-electron chi connectivity index (χ4n) is 2.18. The molecule has 1 aliphatic carbocycles. The molecule has 19 heavy (non-hydrogen) atoms. The third-order valence-electron chi connectivity index (χ3n) is 3.23. The number of carbonyl (C=O) groups excluding carboxylic acids is 1. The van der Waals surface area contributed by atoms with Crippen LogP contribution in [0.4, 0.5) is 4.39 Å². The zero-order valence-corrected chi connectivity index (χ0v) is 12.2. The van der Waals surface area contributed by atoms with E-state index < -0.39 is 0 Å². The first-order chi connectivity index (χ1) is 9.16. The Labute approximate surface area is 120 Å². The van der Waals surface area contributed by atoms with Crippen molar-refractivity contribution in [2.24, 2.45) is 0 Å². The Hall–Kier alpha value is -0.940. The van der Waals surface area contributed by atoms with Crippen LogP contribution in [0.5, 0.6) is 0 Å². The van der Waals surface area contributed by atoms with Gasteiger partial charge in [0.1, 0.15) is 5.82 Å². The summed E-state index contributed by atoms with van der Waals surface area (Å²) in [6, 6.07) is 4.21. The van der Waals surface area contributed by atoms with Crippen molar-refractivity contribution < 1.29 is 13.9 Å². The maximum absolute atomic E-state index is 13.0. The Morgan fingerprint density at radius 3 is 2.84 bits per heavy atom. The molecule has 2 rings (SSSR count). The van der Waals surface area contributed by atoms with Gasteiger partial charge in [-0.15, -0.1) is 0 Å². The highest BCUT2D eigenvalue weighted by molar-refractivity contribution is 9.10. The van der Waals surface area contributed by atoms with Gasteiger partial charge in [0.2, 0.25) is 0 Å². The summed E-state index contributed by atoms with van der Waals surface area (Å²) in [6.45, 7) is 1.00. The summed E-state index contributed by atoms with van der Waals surface area (Å²) in [5.74, 6) is -0.586. The number of halogens is 2. The highest BCUT2D eigenvalue weighted by atomic mass is 79.9. The SMILES string of the molecule is O=C(NCCOC1CCCC1)c1ccc(F)c(Br)c1. The molecule has 0 aliphatic heterocycles. The number of ether oxygens (including phenoxy) is 1. The van der Waals surface area contributed by atoms with Crippen molar-refractivity contribution in [3.05, 3.63) is 34.1 Å². The largest absolute Gasteiger partial charge is 0.376 e. The molecule has 1 fully saturated rings. The van der Waals surface area contributed by atoms with Crippen LogP contribution in [0.15, 0.2) is 22.7 Å². The van der Waals surface area contributed by atoms with Crippen molar-refractivity contribution in [1.29, 1.82) is 0 Å². The lowest BCUT2D eigenvalue weighted by Gasteiger charge is -2.11. The molecule has 3 nitrogen and oxygen atoms in total. The van der Waals surface area contributed by atoms with Gasteiger partial charge in [-0.05, 0) is 47.0 Å². The van der Waals surface area contributed by atoms with Gasteiger partial charge >= 0.3 is 0 Å². The summed E-state index contributed by atoms with van der Waals surface area (Å²) in [5.41, 5.74) is 0.439. The summed E-state index contributed by atoms with van der Waals surface area (Å²) in [7, 11) is 0. The topological polar surface area (TPSA) is 38.3 Å². The van der Waals surface area contributed by atoms with Gasteiger partial charge in [0, 0.05) is 12.1 Å². The average molecular weight is 330 g/mol. The van der Waals surface area contributed by atoms with Crippen LogP contribution in [-0.2, 0) is 4.74 Å². The van der Waals surface area contributed by atoms with E-state index in [9.17, 15) is 9.18 Å². The van der Waals surface area contributed by atoms with Gasteiger partial charge in [-0.1, -0.05) is 12.8 Å². The molecule has 0 unspecified atom stereocenters. The van der Waals surface area contributed by atoms with E-state index in [1.165, 1.54) is 31.0 Å². The molecular weight excluding hydrogens is 313 g/mol. The molecule has 104 valence electrons. The summed E-state index contributed by atoms with van der Waals surface area (Å²) < 4.78 is 19.0. The van der Waals surface area contributed by atoms with E-state index in [0.717, 1.165) is 12.8 Å². The van der Waals surface area contributed by atoms with Gasteiger partial charge in [0.25, 0.3) is 5.91 Å². The zero-order valence-electron chi connectivity index (χ0n) is 10.6. The molecule has 1 aromatic rings. The molecule has 1 N–H and O–H groups in total. The van der Waals surface area contributed by atoms with Crippen molar-refractivity contribution in [2.75, 3.05) is 13.2 Å². The molecule has 1 amide bonds. The first-order valence-corrected chi connectivity index (χ1v) is 7.31. The van der Waals surface area contributed by atoms with Gasteiger partial charge in [-0.2, -0.15) is 0 Å². The Morgan fingerprint density at radius 2 is 2.16 bits per heavy atom. The monoisotopic (exact) mass is 329 g/mol. The number of benzene rings is 1. The maximum atomic E-state index is 13.0. The predicted molar refractivity (Wildman–Crippen MR) is 74.6 cm³/mol. The van der Waals surface area contributed by atoms with Crippen LogP contribution in [0.3, 0.4) is 0 Å². The molecule has 1 saturated carbocycles. The fourth-order valence-corrected chi connectivity index (χ4v) is 2.56. The molecule has 0 bridgehead atoms. The molecule has 0 heterocycles. The molecule has 0 aromatic heterocycles. The number of carbonyl (C=O) groups is 1. The normalized spacial score (nSPS) is 15.7. The Morgan fingerprint density at radius 1 is 1.42 bits per heavy atom. The Kier molecular flexibility index (Phi) is 5.34. The Bertz CT molecular complexity index is 447. The minimum absolute atomic E-state index is 0.212. The van der Waals surface area contributed by atoms with Crippen molar-refractivity contribution >= 4 is 21.8 Å². The number of rotatable bonds is 5. The first kappa shape index (κ1) is 14.5. The highest BCUT2D eigenvalue weighted by Gasteiger charge is 2.15. The van der Waals surface area contributed by atoms with E-state index in [-0.39, 0.29) is 11.7 Å². The first-order valence-electron chi connectivity index (χ1n) is 6.51. The predicted octanol–water partition coefficient (Wildman–Crippen LogP) is 3.28. The van der Waals surface area contributed by atoms with Gasteiger partial charge in [-0.25, -0.2) is 4.39 Å². The maximum Gasteiger partial charge on any atom is 0.251 e. The van der Waals surface area contributed by atoms with E-state index in [1.807, 2.05) is 0 Å². The molecular formula is C14H17BrFNO2. The van der Waals surface area contributed by atoms with Crippen LogP contribution >= 0.6 is 15.9 Å². The van der Waals surface area contributed by atoms with E-state index in [2.05, 4.69) is 21.2 Å². The lowest BCUT2D eigenvalue weighted by atomic mass is 10.2. The van der Waals surface area contributed by atoms with Crippen molar-refractivity contribution in [1.82, 2.24) is 5.32 Å². The molecule has 0 saturated heterocycles. The standard InChI is InChI=1S/C14H17BrFNO2/c15-12-9-10(5-6-13(12)16)14(18)17-7-8-19-11-3-1-2-4-11/h5-6,9,11H,1-4,7-8H2,(H,17,18). The molecule has 0 radical (unpaired) electrons. The van der Waals surface area contributed by atoms with Crippen LogP contribution in [0.2, 0.25) is 0 Å². The van der Waals surface area contributed by atoms with Crippen molar-refractivity contribution in [3.63, 3.8) is 0 Å². The van der Waals surface area contributed by atoms with Gasteiger partial charge < -0.3 is 10.1 Å². The molecule has 1 aromatic carbocycles. The average Bonchev–Trinajstić information content (AvgIpc) is 2.91. The second kappa shape index (κ2) is 7.01. The van der Waals surface area contributed by atoms with E-state index >= 15 is 0 Å².